The number of unbranched alkanes of at least 4 members (excludes halogenated alkanes) is 1. The summed E-state index contributed by atoms with van der Waals surface area (Å²) in [6.07, 6.45) is 14.4. The highest BCUT2D eigenvalue weighted by Crippen LogP contribution is 2.46. The molecule has 0 aliphatic heterocycles. The third-order valence-corrected chi connectivity index (χ3v) is 6.69. The van der Waals surface area contributed by atoms with Crippen molar-refractivity contribution in [1.82, 2.24) is 0 Å². The Balaban J connectivity index is 1.48. The lowest BCUT2D eigenvalue weighted by atomic mass is 9.66. The summed E-state index contributed by atoms with van der Waals surface area (Å²) in [5.41, 5.74) is 0.567. The molecule has 0 aromatic heterocycles. The van der Waals surface area contributed by atoms with Gasteiger partial charge in [0.15, 0.2) is 0 Å². The number of aliphatic hydroxyl groups is 1. The molecule has 128 valence electrons. The van der Waals surface area contributed by atoms with Crippen LogP contribution in [0.3, 0.4) is 0 Å². The van der Waals surface area contributed by atoms with Crippen LogP contribution in [0.2, 0.25) is 0 Å². The van der Waals surface area contributed by atoms with Crippen LogP contribution >= 0.6 is 0 Å². The topological polar surface area (TPSA) is 20.2 Å². The number of hydrogen-bond donors (Lipinski definition) is 1. The Morgan fingerprint density at radius 1 is 0.913 bits per heavy atom. The van der Waals surface area contributed by atoms with Crippen LogP contribution in [0.15, 0.2) is 30.3 Å². The minimum absolute atomic E-state index is 0.559. The van der Waals surface area contributed by atoms with Crippen LogP contribution in [0.5, 0.6) is 0 Å². The molecule has 0 spiro atoms. The lowest BCUT2D eigenvalue weighted by Crippen LogP contribution is -2.34. The van der Waals surface area contributed by atoms with Crippen LogP contribution in [0.25, 0.3) is 0 Å². The molecule has 1 aromatic rings. The predicted molar refractivity (Wildman–Crippen MR) is 97.3 cm³/mol. The van der Waals surface area contributed by atoms with Gasteiger partial charge in [0.05, 0.1) is 5.60 Å². The van der Waals surface area contributed by atoms with Crippen molar-refractivity contribution in [3.63, 3.8) is 0 Å². The van der Waals surface area contributed by atoms with Crippen LogP contribution in [0.4, 0.5) is 0 Å². The van der Waals surface area contributed by atoms with Crippen molar-refractivity contribution < 1.29 is 5.11 Å². The molecular weight excluding hydrogens is 280 g/mol. The first kappa shape index (κ1) is 17.0. The fraction of sp³-hybridized carbons (Fsp3) is 0.727. The Kier molecular flexibility index (Phi) is 5.80. The van der Waals surface area contributed by atoms with Gasteiger partial charge in [0.2, 0.25) is 0 Å². The molecule has 2 aliphatic carbocycles. The summed E-state index contributed by atoms with van der Waals surface area (Å²) in [6, 6.07) is 10.3. The van der Waals surface area contributed by atoms with Gasteiger partial charge in [0, 0.05) is 0 Å². The lowest BCUT2D eigenvalue weighted by Gasteiger charge is -2.41. The van der Waals surface area contributed by atoms with Gasteiger partial charge in [-0.05, 0) is 61.8 Å². The second-order valence-electron chi connectivity index (χ2n) is 8.16. The minimum Gasteiger partial charge on any atom is -0.385 e. The monoisotopic (exact) mass is 314 g/mol. The van der Waals surface area contributed by atoms with E-state index in [1.165, 1.54) is 57.8 Å². The van der Waals surface area contributed by atoms with E-state index in [-0.39, 0.29) is 0 Å². The van der Waals surface area contributed by atoms with E-state index in [4.69, 9.17) is 0 Å². The van der Waals surface area contributed by atoms with Gasteiger partial charge in [0.25, 0.3) is 0 Å². The van der Waals surface area contributed by atoms with Gasteiger partial charge in [0.1, 0.15) is 0 Å². The molecule has 0 bridgehead atoms. The van der Waals surface area contributed by atoms with E-state index in [2.05, 4.69) is 31.2 Å². The summed E-state index contributed by atoms with van der Waals surface area (Å²) in [6.45, 7) is 2.31. The second-order valence-corrected chi connectivity index (χ2v) is 8.16. The van der Waals surface area contributed by atoms with Gasteiger partial charge < -0.3 is 5.11 Å². The van der Waals surface area contributed by atoms with Gasteiger partial charge in [-0.25, -0.2) is 0 Å². The fourth-order valence-corrected chi connectivity index (χ4v) is 5.07. The maximum absolute atomic E-state index is 11.0. The molecule has 2 aliphatic rings. The van der Waals surface area contributed by atoms with Gasteiger partial charge in [-0.2, -0.15) is 0 Å². The zero-order valence-electron chi connectivity index (χ0n) is 14.8. The van der Waals surface area contributed by atoms with Crippen LogP contribution in [-0.2, 0) is 5.60 Å². The van der Waals surface area contributed by atoms with Crippen molar-refractivity contribution in [2.45, 2.75) is 83.2 Å². The molecule has 0 saturated heterocycles. The van der Waals surface area contributed by atoms with Crippen molar-refractivity contribution in [1.29, 1.82) is 0 Å². The van der Waals surface area contributed by atoms with Crippen molar-refractivity contribution in [3.8, 4) is 0 Å². The van der Waals surface area contributed by atoms with E-state index in [1.807, 2.05) is 6.07 Å². The molecule has 2 fully saturated rings. The molecule has 2 saturated carbocycles. The van der Waals surface area contributed by atoms with Gasteiger partial charge in [-0.3, -0.25) is 0 Å². The minimum atomic E-state index is -0.559. The molecule has 0 amide bonds. The Labute approximate surface area is 142 Å². The number of hydrogen-bond acceptors (Lipinski definition) is 1. The van der Waals surface area contributed by atoms with Gasteiger partial charge >= 0.3 is 0 Å². The van der Waals surface area contributed by atoms with E-state index in [0.29, 0.717) is 0 Å². The summed E-state index contributed by atoms with van der Waals surface area (Å²) < 4.78 is 0. The Hall–Kier alpha value is -0.820. The summed E-state index contributed by atoms with van der Waals surface area (Å²) in [5, 5.41) is 11.0. The standard InChI is InChI=1S/C22H34O/c1-2-3-7-18-10-12-19(13-11-18)20-14-16-22(23,17-15-20)21-8-5-4-6-9-21/h4-6,8-9,18-20,23H,2-3,7,10-17H2,1H3. The molecule has 0 atom stereocenters. The van der Waals surface area contributed by atoms with Crippen molar-refractivity contribution >= 4 is 0 Å². The smallest absolute Gasteiger partial charge is 0.0896 e. The van der Waals surface area contributed by atoms with Gasteiger partial charge in [-0.15, -0.1) is 0 Å². The maximum atomic E-state index is 11.0. The van der Waals surface area contributed by atoms with E-state index >= 15 is 0 Å². The lowest BCUT2D eigenvalue weighted by molar-refractivity contribution is -0.0260. The third kappa shape index (κ3) is 4.18. The largest absolute Gasteiger partial charge is 0.385 e. The Morgan fingerprint density at radius 3 is 2.13 bits per heavy atom. The van der Waals surface area contributed by atoms with Gasteiger partial charge in [-0.1, -0.05) is 69.4 Å². The number of benzene rings is 1. The van der Waals surface area contributed by atoms with Crippen LogP contribution in [-0.4, -0.2) is 5.11 Å². The van der Waals surface area contributed by atoms with Crippen molar-refractivity contribution in [3.05, 3.63) is 35.9 Å². The van der Waals surface area contributed by atoms with Crippen LogP contribution in [0.1, 0.15) is 83.1 Å². The average molecular weight is 315 g/mol. The first-order chi connectivity index (χ1) is 11.2. The molecule has 3 rings (SSSR count). The first-order valence-electron chi connectivity index (χ1n) is 9.99. The normalized spacial score (nSPS) is 35.1. The van der Waals surface area contributed by atoms with Crippen LogP contribution < -0.4 is 0 Å². The Morgan fingerprint density at radius 2 is 1.52 bits per heavy atom. The van der Waals surface area contributed by atoms with E-state index < -0.39 is 5.60 Å². The summed E-state index contributed by atoms with van der Waals surface area (Å²) in [7, 11) is 0. The highest BCUT2D eigenvalue weighted by Gasteiger charge is 2.37. The highest BCUT2D eigenvalue weighted by atomic mass is 16.3. The van der Waals surface area contributed by atoms with E-state index in [9.17, 15) is 5.11 Å². The molecule has 0 unspecified atom stereocenters. The molecule has 1 heteroatoms. The van der Waals surface area contributed by atoms with Crippen molar-refractivity contribution in [2.24, 2.45) is 17.8 Å². The zero-order chi connectivity index (χ0) is 16.1. The molecule has 0 heterocycles. The predicted octanol–water partition coefficient (Wildman–Crippen LogP) is 6.06. The zero-order valence-corrected chi connectivity index (χ0v) is 14.8. The first-order valence-corrected chi connectivity index (χ1v) is 9.99. The quantitative estimate of drug-likeness (QED) is 0.700. The van der Waals surface area contributed by atoms with E-state index in [0.717, 1.165) is 36.2 Å². The fourth-order valence-electron chi connectivity index (χ4n) is 5.07. The van der Waals surface area contributed by atoms with Crippen molar-refractivity contribution in [2.75, 3.05) is 0 Å². The maximum Gasteiger partial charge on any atom is 0.0896 e. The average Bonchev–Trinajstić information content (AvgIpc) is 2.62. The summed E-state index contributed by atoms with van der Waals surface area (Å²) in [5.74, 6) is 2.82. The Bertz CT molecular complexity index is 450. The molecular formula is C22H34O. The molecule has 23 heavy (non-hydrogen) atoms. The van der Waals surface area contributed by atoms with E-state index in [1.54, 1.807) is 0 Å². The van der Waals surface area contributed by atoms with Crippen LogP contribution in [0, 0.1) is 17.8 Å². The number of rotatable bonds is 5. The molecule has 1 aromatic carbocycles. The SMILES string of the molecule is CCCCC1CCC(C2CCC(O)(c3ccccc3)CC2)CC1. The molecule has 1 nitrogen and oxygen atoms in total. The summed E-state index contributed by atoms with van der Waals surface area (Å²) in [4.78, 5) is 0. The molecule has 0 radical (unpaired) electrons. The second kappa shape index (κ2) is 7.83. The summed E-state index contributed by atoms with van der Waals surface area (Å²) >= 11 is 0. The molecule has 1 N–H and O–H groups in total. The third-order valence-electron chi connectivity index (χ3n) is 6.69. The highest BCUT2D eigenvalue weighted by molar-refractivity contribution is 5.22.